The van der Waals surface area contributed by atoms with Gasteiger partial charge in [0.05, 0.1) is 19.1 Å². The van der Waals surface area contributed by atoms with E-state index < -0.39 is 0 Å². The molecular weight excluding hydrogens is 416 g/mol. The van der Waals surface area contributed by atoms with E-state index in [1.54, 1.807) is 35.6 Å². The van der Waals surface area contributed by atoms with Crippen molar-refractivity contribution in [1.82, 2.24) is 29.7 Å². The molecule has 0 aromatic carbocycles. The molecule has 5 heterocycles. The van der Waals surface area contributed by atoms with Gasteiger partial charge in [-0.2, -0.15) is 0 Å². The van der Waals surface area contributed by atoms with Gasteiger partial charge in [0.2, 0.25) is 5.82 Å². The fourth-order valence-electron chi connectivity index (χ4n) is 2.61. The highest BCUT2D eigenvalue weighted by Gasteiger charge is 2.20. The summed E-state index contributed by atoms with van der Waals surface area (Å²) in [7, 11) is 0. The van der Waals surface area contributed by atoms with Crippen LogP contribution in [0.5, 0.6) is 0 Å². The van der Waals surface area contributed by atoms with Crippen molar-refractivity contribution in [3.63, 3.8) is 0 Å². The summed E-state index contributed by atoms with van der Waals surface area (Å²) in [5, 5.41) is 10.2. The standard InChI is InChI=1S/C17H12N6O2S3/c1-26-17-20-13-12(27-17)15(19-9-18-13)28-16-22-21-14(11-5-3-7-25-11)23(16)8-10-4-2-6-24-10/h2-7,9H,8H2,1H3. The SMILES string of the molecule is CSc1nc2ncnc(Sc3nnc(-c4ccco4)n3Cc3ccco3)c2s1. The Balaban J connectivity index is 1.58. The molecule has 11 heteroatoms. The van der Waals surface area contributed by atoms with Crippen LogP contribution in [0.2, 0.25) is 0 Å². The molecule has 0 saturated carbocycles. The number of thiazole rings is 1. The molecular formula is C17H12N6O2S3. The first-order valence-electron chi connectivity index (χ1n) is 8.14. The molecule has 0 bridgehead atoms. The van der Waals surface area contributed by atoms with Gasteiger partial charge in [0.15, 0.2) is 20.9 Å². The molecule has 5 rings (SSSR count). The highest BCUT2D eigenvalue weighted by Crippen LogP contribution is 2.37. The highest BCUT2D eigenvalue weighted by molar-refractivity contribution is 8.00. The zero-order valence-electron chi connectivity index (χ0n) is 14.5. The molecule has 0 aliphatic heterocycles. The fourth-order valence-corrected chi connectivity index (χ4v) is 5.06. The lowest BCUT2D eigenvalue weighted by atomic mass is 10.4. The lowest BCUT2D eigenvalue weighted by Gasteiger charge is -2.07. The van der Waals surface area contributed by atoms with Crippen LogP contribution in [-0.2, 0) is 6.54 Å². The third kappa shape index (κ3) is 3.21. The van der Waals surface area contributed by atoms with Gasteiger partial charge in [-0.1, -0.05) is 11.8 Å². The van der Waals surface area contributed by atoms with Gasteiger partial charge in [-0.3, -0.25) is 4.57 Å². The second kappa shape index (κ2) is 7.41. The van der Waals surface area contributed by atoms with Crippen LogP contribution in [0.25, 0.3) is 21.9 Å². The van der Waals surface area contributed by atoms with E-state index in [1.165, 1.54) is 18.1 Å². The first-order valence-corrected chi connectivity index (χ1v) is 11.0. The smallest absolute Gasteiger partial charge is 0.200 e. The molecule has 0 radical (unpaired) electrons. The molecule has 8 nitrogen and oxygen atoms in total. The van der Waals surface area contributed by atoms with Gasteiger partial charge in [0, 0.05) is 0 Å². The maximum absolute atomic E-state index is 5.53. The van der Waals surface area contributed by atoms with Crippen molar-refractivity contribution in [1.29, 1.82) is 0 Å². The van der Waals surface area contributed by atoms with E-state index in [2.05, 4.69) is 25.1 Å². The first kappa shape index (κ1) is 17.5. The molecule has 0 aliphatic rings. The summed E-state index contributed by atoms with van der Waals surface area (Å²) in [6.45, 7) is 0.478. The maximum atomic E-state index is 5.53. The summed E-state index contributed by atoms with van der Waals surface area (Å²) in [6.07, 6.45) is 6.78. The van der Waals surface area contributed by atoms with E-state index in [9.17, 15) is 0 Å². The second-order valence-corrected chi connectivity index (χ2v) is 8.57. The molecule has 28 heavy (non-hydrogen) atoms. The van der Waals surface area contributed by atoms with E-state index in [4.69, 9.17) is 8.83 Å². The van der Waals surface area contributed by atoms with Crippen LogP contribution in [0.3, 0.4) is 0 Å². The lowest BCUT2D eigenvalue weighted by Crippen LogP contribution is -2.03. The van der Waals surface area contributed by atoms with Crippen LogP contribution in [0.4, 0.5) is 0 Å². The maximum Gasteiger partial charge on any atom is 0.200 e. The van der Waals surface area contributed by atoms with E-state index >= 15 is 0 Å². The number of hydrogen-bond donors (Lipinski definition) is 0. The Morgan fingerprint density at radius 3 is 2.79 bits per heavy atom. The van der Waals surface area contributed by atoms with E-state index in [1.807, 2.05) is 35.1 Å². The molecule has 0 atom stereocenters. The molecule has 140 valence electrons. The summed E-state index contributed by atoms with van der Waals surface area (Å²) in [4.78, 5) is 13.2. The van der Waals surface area contributed by atoms with Gasteiger partial charge < -0.3 is 8.83 Å². The van der Waals surface area contributed by atoms with Gasteiger partial charge >= 0.3 is 0 Å². The van der Waals surface area contributed by atoms with Crippen LogP contribution in [0, 0.1) is 0 Å². The Kier molecular flexibility index (Phi) is 4.63. The Morgan fingerprint density at radius 1 is 1.11 bits per heavy atom. The molecule has 0 aliphatic carbocycles. The minimum Gasteiger partial charge on any atom is -0.467 e. The topological polar surface area (TPSA) is 95.7 Å². The number of furan rings is 2. The summed E-state index contributed by atoms with van der Waals surface area (Å²) >= 11 is 4.58. The van der Waals surface area contributed by atoms with E-state index in [0.717, 1.165) is 19.8 Å². The fraction of sp³-hybridized carbons (Fsp3) is 0.118. The monoisotopic (exact) mass is 428 g/mol. The van der Waals surface area contributed by atoms with Crippen molar-refractivity contribution in [2.24, 2.45) is 0 Å². The minimum absolute atomic E-state index is 0.478. The largest absolute Gasteiger partial charge is 0.467 e. The number of hydrogen-bond acceptors (Lipinski definition) is 10. The molecule has 5 aromatic rings. The molecule has 0 fully saturated rings. The average molecular weight is 429 g/mol. The summed E-state index contributed by atoms with van der Waals surface area (Å²) in [6, 6.07) is 7.45. The molecule has 0 N–H and O–H groups in total. The molecule has 0 unspecified atom stereocenters. The van der Waals surface area contributed by atoms with Gasteiger partial charge in [-0.25, -0.2) is 15.0 Å². The summed E-state index contributed by atoms with van der Waals surface area (Å²) in [5.74, 6) is 2.06. The Labute approximate surface area is 171 Å². The van der Waals surface area contributed by atoms with Gasteiger partial charge in [-0.05, 0) is 42.3 Å². The minimum atomic E-state index is 0.478. The zero-order valence-corrected chi connectivity index (χ0v) is 16.9. The first-order chi connectivity index (χ1) is 13.8. The summed E-state index contributed by atoms with van der Waals surface area (Å²) in [5.41, 5.74) is 0.690. The average Bonchev–Trinajstić information content (AvgIpc) is 3.50. The number of rotatable bonds is 6. The van der Waals surface area contributed by atoms with Crippen LogP contribution in [0.15, 0.2) is 66.5 Å². The number of fused-ring (bicyclic) bond motifs is 1. The van der Waals surface area contributed by atoms with Crippen molar-refractivity contribution in [2.45, 2.75) is 21.1 Å². The second-order valence-electron chi connectivity index (χ2n) is 5.57. The van der Waals surface area contributed by atoms with Gasteiger partial charge in [-0.15, -0.1) is 21.5 Å². The van der Waals surface area contributed by atoms with E-state index in [-0.39, 0.29) is 0 Å². The van der Waals surface area contributed by atoms with Gasteiger partial charge in [0.25, 0.3) is 0 Å². The lowest BCUT2D eigenvalue weighted by molar-refractivity contribution is 0.482. The van der Waals surface area contributed by atoms with Crippen molar-refractivity contribution in [3.05, 3.63) is 48.9 Å². The third-order valence-corrected chi connectivity index (χ3v) is 7.01. The normalized spacial score (nSPS) is 11.5. The van der Waals surface area contributed by atoms with Crippen molar-refractivity contribution < 1.29 is 8.83 Å². The number of nitrogens with zero attached hydrogens (tertiary/aromatic N) is 6. The zero-order chi connectivity index (χ0) is 18.9. The molecule has 0 spiro atoms. The van der Waals surface area contributed by atoms with Gasteiger partial charge in [0.1, 0.15) is 21.8 Å². The number of thioether (sulfide) groups is 1. The third-order valence-electron chi connectivity index (χ3n) is 3.85. The molecule has 0 amide bonds. The number of aromatic nitrogens is 6. The van der Waals surface area contributed by atoms with E-state index in [0.29, 0.717) is 28.9 Å². The van der Waals surface area contributed by atoms with Crippen molar-refractivity contribution in [3.8, 4) is 11.6 Å². The highest BCUT2D eigenvalue weighted by atomic mass is 32.2. The van der Waals surface area contributed by atoms with Crippen LogP contribution >= 0.6 is 34.9 Å². The van der Waals surface area contributed by atoms with Crippen LogP contribution in [-0.4, -0.2) is 36.0 Å². The molecule has 0 saturated heterocycles. The summed E-state index contributed by atoms with van der Waals surface area (Å²) < 4.78 is 14.9. The van der Waals surface area contributed by atoms with Crippen molar-refractivity contribution >= 4 is 45.2 Å². The predicted octanol–water partition coefficient (Wildman–Crippen LogP) is 4.45. The Morgan fingerprint density at radius 2 is 2.00 bits per heavy atom. The Bertz CT molecular complexity index is 1210. The Hall–Kier alpha value is -2.63. The predicted molar refractivity (Wildman–Crippen MR) is 107 cm³/mol. The van der Waals surface area contributed by atoms with Crippen LogP contribution in [0.1, 0.15) is 5.76 Å². The quantitative estimate of drug-likeness (QED) is 0.287. The molecule has 5 aromatic heterocycles. The van der Waals surface area contributed by atoms with Crippen LogP contribution < -0.4 is 0 Å². The van der Waals surface area contributed by atoms with Crippen molar-refractivity contribution in [2.75, 3.05) is 6.26 Å².